The average molecular weight is 399 g/mol. The van der Waals surface area contributed by atoms with E-state index in [1.54, 1.807) is 22.9 Å². The van der Waals surface area contributed by atoms with Gasteiger partial charge in [0.1, 0.15) is 0 Å². The Morgan fingerprint density at radius 1 is 1.11 bits per heavy atom. The second-order valence-corrected chi connectivity index (χ2v) is 7.79. The first-order valence-corrected chi connectivity index (χ1v) is 10.1. The maximum absolute atomic E-state index is 12.1. The largest absolute Gasteiger partial charge is 0.337 e. The quantitative estimate of drug-likeness (QED) is 0.588. The molecule has 0 bridgehead atoms. The Hall–Kier alpha value is -3.17. The minimum absolute atomic E-state index is 0.0614. The average Bonchev–Trinajstić information content (AvgIpc) is 3.02. The Balaban J connectivity index is 1.52. The van der Waals surface area contributed by atoms with E-state index in [0.29, 0.717) is 18.8 Å². The Labute approximate surface area is 163 Å². The summed E-state index contributed by atoms with van der Waals surface area (Å²) in [6, 6.07) is 17.5. The number of carbonyl (C=O) groups is 1. The topological polar surface area (TPSA) is 119 Å². The molecule has 0 unspecified atom stereocenters. The fourth-order valence-electron chi connectivity index (χ4n) is 2.73. The van der Waals surface area contributed by atoms with Crippen molar-refractivity contribution in [3.05, 3.63) is 66.2 Å². The molecule has 1 aromatic heterocycles. The van der Waals surface area contributed by atoms with Gasteiger partial charge >= 0.3 is 6.03 Å². The normalized spacial score (nSPS) is 11.2. The van der Waals surface area contributed by atoms with E-state index in [-0.39, 0.29) is 10.9 Å². The minimum Gasteiger partial charge on any atom is -0.337 e. The van der Waals surface area contributed by atoms with E-state index in [0.717, 1.165) is 16.8 Å². The van der Waals surface area contributed by atoms with Crippen molar-refractivity contribution in [1.29, 1.82) is 0 Å². The molecule has 3 aromatic rings. The number of hydrogen-bond donors (Lipinski definition) is 3. The summed E-state index contributed by atoms with van der Waals surface area (Å²) in [5.74, 6) is 0.455. The van der Waals surface area contributed by atoms with Crippen LogP contribution in [0.1, 0.15) is 5.56 Å². The summed E-state index contributed by atoms with van der Waals surface area (Å²) in [4.78, 5) is 12.1. The molecule has 0 aliphatic carbocycles. The lowest BCUT2D eigenvalue weighted by atomic mass is 10.1. The van der Waals surface area contributed by atoms with Crippen molar-refractivity contribution in [2.45, 2.75) is 11.3 Å². The van der Waals surface area contributed by atoms with Gasteiger partial charge in [-0.25, -0.2) is 18.4 Å². The minimum atomic E-state index is -3.70. The summed E-state index contributed by atoms with van der Waals surface area (Å²) in [5, 5.41) is 14.8. The fourth-order valence-corrected chi connectivity index (χ4v) is 3.25. The summed E-state index contributed by atoms with van der Waals surface area (Å²) in [6.07, 6.45) is 0.551. The lowest BCUT2D eigenvalue weighted by Gasteiger charge is -2.06. The molecule has 2 amide bonds. The van der Waals surface area contributed by atoms with Crippen LogP contribution in [0.25, 0.3) is 11.3 Å². The van der Waals surface area contributed by atoms with E-state index >= 15 is 0 Å². The predicted octanol–water partition coefficient (Wildman–Crippen LogP) is 2.10. The number of carbonyl (C=O) groups excluding carboxylic acids is 1. The molecule has 0 aliphatic heterocycles. The number of benzene rings is 2. The van der Waals surface area contributed by atoms with Crippen LogP contribution in [-0.2, 0) is 23.5 Å². The Bertz CT molecular complexity index is 1060. The molecule has 9 heteroatoms. The highest BCUT2D eigenvalue weighted by molar-refractivity contribution is 7.89. The van der Waals surface area contributed by atoms with Gasteiger partial charge in [0.2, 0.25) is 10.0 Å². The smallest absolute Gasteiger partial charge is 0.320 e. The van der Waals surface area contributed by atoms with E-state index in [9.17, 15) is 13.2 Å². The Kier molecular flexibility index (Phi) is 5.76. The number of anilines is 1. The number of nitrogens with two attached hydrogens (primary N) is 1. The van der Waals surface area contributed by atoms with E-state index in [2.05, 4.69) is 15.7 Å². The van der Waals surface area contributed by atoms with Crippen molar-refractivity contribution in [2.75, 3.05) is 11.9 Å². The number of aromatic nitrogens is 2. The van der Waals surface area contributed by atoms with Gasteiger partial charge < -0.3 is 5.32 Å². The molecular weight excluding hydrogens is 378 g/mol. The molecule has 0 spiro atoms. The van der Waals surface area contributed by atoms with Gasteiger partial charge in [-0.3, -0.25) is 10.00 Å². The van der Waals surface area contributed by atoms with Crippen molar-refractivity contribution in [1.82, 2.24) is 15.1 Å². The Morgan fingerprint density at radius 3 is 2.43 bits per heavy atom. The van der Waals surface area contributed by atoms with Crippen LogP contribution in [-0.4, -0.2) is 30.8 Å². The lowest BCUT2D eigenvalue weighted by Crippen LogP contribution is -2.30. The first-order chi connectivity index (χ1) is 13.3. The van der Waals surface area contributed by atoms with Crippen LogP contribution in [0.2, 0.25) is 0 Å². The van der Waals surface area contributed by atoms with E-state index in [1.165, 1.54) is 12.1 Å². The molecule has 0 atom stereocenters. The van der Waals surface area contributed by atoms with Gasteiger partial charge in [0.25, 0.3) is 0 Å². The summed E-state index contributed by atoms with van der Waals surface area (Å²) in [6.45, 7) is 0.388. The number of sulfonamides is 1. The highest BCUT2D eigenvalue weighted by Gasteiger charge is 2.10. The summed E-state index contributed by atoms with van der Waals surface area (Å²) < 4.78 is 24.2. The number of aryl methyl sites for hydroxylation is 1. The first kappa shape index (κ1) is 19.6. The summed E-state index contributed by atoms with van der Waals surface area (Å²) in [5.41, 5.74) is 2.79. The third-order valence-corrected chi connectivity index (χ3v) is 5.07. The third kappa shape index (κ3) is 4.96. The van der Waals surface area contributed by atoms with Crippen LogP contribution >= 0.6 is 0 Å². The Morgan fingerprint density at radius 2 is 1.79 bits per heavy atom. The number of nitrogens with zero attached hydrogens (tertiary/aromatic N) is 2. The molecule has 0 saturated carbocycles. The molecule has 146 valence electrons. The molecule has 2 aromatic carbocycles. The van der Waals surface area contributed by atoms with Gasteiger partial charge in [0, 0.05) is 19.7 Å². The summed E-state index contributed by atoms with van der Waals surface area (Å²) >= 11 is 0. The molecule has 4 N–H and O–H groups in total. The molecule has 0 saturated heterocycles. The van der Waals surface area contributed by atoms with Gasteiger partial charge in [-0.1, -0.05) is 42.5 Å². The number of nitrogens with one attached hydrogen (secondary N) is 2. The third-order valence-electron chi connectivity index (χ3n) is 4.14. The lowest BCUT2D eigenvalue weighted by molar-refractivity contribution is 0.252. The van der Waals surface area contributed by atoms with Crippen molar-refractivity contribution >= 4 is 21.9 Å². The molecule has 0 aliphatic rings. The van der Waals surface area contributed by atoms with Crippen LogP contribution in [0, 0.1) is 0 Å². The van der Waals surface area contributed by atoms with E-state index in [4.69, 9.17) is 5.14 Å². The van der Waals surface area contributed by atoms with Crippen molar-refractivity contribution in [3.8, 4) is 11.3 Å². The van der Waals surface area contributed by atoms with Gasteiger partial charge in [-0.05, 0) is 29.7 Å². The molecule has 0 fully saturated rings. The number of rotatable bonds is 6. The fraction of sp³-hybridized carbons (Fsp3) is 0.158. The highest BCUT2D eigenvalue weighted by atomic mass is 32.2. The predicted molar refractivity (Wildman–Crippen MR) is 107 cm³/mol. The SMILES string of the molecule is Cn1nc(NC(=O)NCCc2ccc(S(N)(=O)=O)cc2)cc1-c1ccccc1. The number of hydrogen-bond acceptors (Lipinski definition) is 4. The van der Waals surface area contributed by atoms with Crippen LogP contribution < -0.4 is 15.8 Å². The standard InChI is InChI=1S/C19H21N5O3S/c1-24-17(15-5-3-2-4-6-15)13-18(23-24)22-19(25)21-12-11-14-7-9-16(10-8-14)28(20,26)27/h2-10,13H,11-12H2,1H3,(H2,20,26,27)(H2,21,22,23,25). The molecule has 1 heterocycles. The maximum atomic E-state index is 12.1. The van der Waals surface area contributed by atoms with Crippen molar-refractivity contribution in [2.24, 2.45) is 12.2 Å². The van der Waals surface area contributed by atoms with E-state index < -0.39 is 10.0 Å². The first-order valence-electron chi connectivity index (χ1n) is 8.59. The molecule has 0 radical (unpaired) electrons. The molecule has 8 nitrogen and oxygen atoms in total. The van der Waals surface area contributed by atoms with Gasteiger partial charge in [0.15, 0.2) is 5.82 Å². The molecular formula is C19H21N5O3S. The van der Waals surface area contributed by atoms with Gasteiger partial charge in [-0.15, -0.1) is 0 Å². The van der Waals surface area contributed by atoms with Crippen LogP contribution in [0.15, 0.2) is 65.6 Å². The zero-order valence-electron chi connectivity index (χ0n) is 15.3. The highest BCUT2D eigenvalue weighted by Crippen LogP contribution is 2.21. The second-order valence-electron chi connectivity index (χ2n) is 6.22. The molecule has 28 heavy (non-hydrogen) atoms. The van der Waals surface area contributed by atoms with Crippen LogP contribution in [0.4, 0.5) is 10.6 Å². The monoisotopic (exact) mass is 399 g/mol. The van der Waals surface area contributed by atoms with E-state index in [1.807, 2.05) is 37.4 Å². The maximum Gasteiger partial charge on any atom is 0.320 e. The van der Waals surface area contributed by atoms with Gasteiger partial charge in [0.05, 0.1) is 10.6 Å². The zero-order chi connectivity index (χ0) is 20.1. The zero-order valence-corrected chi connectivity index (χ0v) is 16.1. The van der Waals surface area contributed by atoms with Crippen molar-refractivity contribution in [3.63, 3.8) is 0 Å². The summed E-state index contributed by atoms with van der Waals surface area (Å²) in [7, 11) is -1.88. The number of urea groups is 1. The van der Waals surface area contributed by atoms with Gasteiger partial charge in [-0.2, -0.15) is 5.10 Å². The molecule has 3 rings (SSSR count). The van der Waals surface area contributed by atoms with Crippen LogP contribution in [0.3, 0.4) is 0 Å². The van der Waals surface area contributed by atoms with Crippen LogP contribution in [0.5, 0.6) is 0 Å². The number of primary sulfonamides is 1. The van der Waals surface area contributed by atoms with Crippen molar-refractivity contribution < 1.29 is 13.2 Å². The second kappa shape index (κ2) is 8.24. The number of amides is 2.